The SMILES string of the molecule is CN(Cc1cn(-c2ccc(Cl)cc2)c(COc2ccc(F)cc2)n1)c1ccc(F)cc1. The van der Waals surface area contributed by atoms with Gasteiger partial charge in [0.2, 0.25) is 0 Å². The molecule has 0 saturated heterocycles. The second-order valence-electron chi connectivity index (χ2n) is 7.07. The Morgan fingerprint density at radius 1 is 0.903 bits per heavy atom. The quantitative estimate of drug-likeness (QED) is 0.353. The van der Waals surface area contributed by atoms with Crippen molar-refractivity contribution in [1.82, 2.24) is 9.55 Å². The van der Waals surface area contributed by atoms with E-state index in [9.17, 15) is 8.78 Å². The number of benzene rings is 3. The van der Waals surface area contributed by atoms with Crippen molar-refractivity contribution < 1.29 is 13.5 Å². The van der Waals surface area contributed by atoms with E-state index in [1.54, 1.807) is 24.3 Å². The summed E-state index contributed by atoms with van der Waals surface area (Å²) in [4.78, 5) is 6.72. The summed E-state index contributed by atoms with van der Waals surface area (Å²) in [6.07, 6.45) is 1.94. The average molecular weight is 440 g/mol. The summed E-state index contributed by atoms with van der Waals surface area (Å²) in [6.45, 7) is 0.726. The van der Waals surface area contributed by atoms with Crippen molar-refractivity contribution in [3.63, 3.8) is 0 Å². The molecule has 3 aromatic carbocycles. The largest absolute Gasteiger partial charge is 0.486 e. The third kappa shape index (κ3) is 5.22. The molecule has 0 saturated carbocycles. The second-order valence-corrected chi connectivity index (χ2v) is 7.51. The van der Waals surface area contributed by atoms with Gasteiger partial charge in [0, 0.05) is 29.6 Å². The Hall–Kier alpha value is -3.38. The lowest BCUT2D eigenvalue weighted by Gasteiger charge is -2.17. The predicted molar refractivity (Wildman–Crippen MR) is 118 cm³/mol. The highest BCUT2D eigenvalue weighted by atomic mass is 35.5. The topological polar surface area (TPSA) is 30.3 Å². The van der Waals surface area contributed by atoms with Crippen LogP contribution >= 0.6 is 11.6 Å². The number of imidazole rings is 1. The first-order chi connectivity index (χ1) is 15.0. The first-order valence-electron chi connectivity index (χ1n) is 9.66. The fourth-order valence-electron chi connectivity index (χ4n) is 3.18. The standard InChI is InChI=1S/C24H20ClF2N3O/c1-29(21-10-4-18(26)5-11-21)14-20-15-30(22-8-2-17(25)3-9-22)24(28-20)16-31-23-12-6-19(27)7-13-23/h2-13,15H,14,16H2,1H3. The molecule has 4 rings (SSSR count). The molecule has 0 aliphatic carbocycles. The molecule has 0 amide bonds. The molecular weight excluding hydrogens is 420 g/mol. The molecule has 4 nitrogen and oxygen atoms in total. The van der Waals surface area contributed by atoms with Gasteiger partial charge in [0.25, 0.3) is 0 Å². The molecule has 0 fully saturated rings. The van der Waals surface area contributed by atoms with Crippen LogP contribution in [-0.4, -0.2) is 16.6 Å². The molecule has 0 atom stereocenters. The molecule has 0 radical (unpaired) electrons. The molecule has 0 unspecified atom stereocenters. The lowest BCUT2D eigenvalue weighted by Crippen LogP contribution is -2.16. The van der Waals surface area contributed by atoms with E-state index in [1.807, 2.05) is 47.0 Å². The zero-order valence-electron chi connectivity index (χ0n) is 16.8. The Balaban J connectivity index is 1.58. The van der Waals surface area contributed by atoms with E-state index in [-0.39, 0.29) is 18.2 Å². The number of nitrogens with zero attached hydrogens (tertiary/aromatic N) is 3. The van der Waals surface area contributed by atoms with Crippen molar-refractivity contribution in [2.24, 2.45) is 0 Å². The Kier molecular flexibility index (Phi) is 6.18. The molecule has 1 heterocycles. The second kappa shape index (κ2) is 9.18. The number of anilines is 1. The number of hydrogen-bond acceptors (Lipinski definition) is 3. The van der Waals surface area contributed by atoms with Crippen LogP contribution in [0.5, 0.6) is 5.75 Å². The van der Waals surface area contributed by atoms with Gasteiger partial charge in [-0.3, -0.25) is 0 Å². The van der Waals surface area contributed by atoms with Crippen LogP contribution in [0, 0.1) is 11.6 Å². The smallest absolute Gasteiger partial charge is 0.151 e. The van der Waals surface area contributed by atoms with Crippen LogP contribution in [0.1, 0.15) is 11.5 Å². The molecule has 0 bridgehead atoms. The van der Waals surface area contributed by atoms with Gasteiger partial charge in [-0.25, -0.2) is 13.8 Å². The van der Waals surface area contributed by atoms with Gasteiger partial charge in [-0.1, -0.05) is 11.6 Å². The molecule has 4 aromatic rings. The average Bonchev–Trinajstić information content (AvgIpc) is 3.17. The van der Waals surface area contributed by atoms with Crippen molar-refractivity contribution in [1.29, 1.82) is 0 Å². The Morgan fingerprint density at radius 2 is 1.52 bits per heavy atom. The Bertz CT molecular complexity index is 1140. The Morgan fingerprint density at radius 3 is 2.16 bits per heavy atom. The van der Waals surface area contributed by atoms with Crippen LogP contribution in [-0.2, 0) is 13.2 Å². The fourth-order valence-corrected chi connectivity index (χ4v) is 3.31. The van der Waals surface area contributed by atoms with Crippen molar-refractivity contribution in [3.8, 4) is 11.4 Å². The number of aromatic nitrogens is 2. The van der Waals surface area contributed by atoms with Crippen LogP contribution in [0.2, 0.25) is 5.02 Å². The number of rotatable bonds is 7. The maximum absolute atomic E-state index is 13.2. The van der Waals surface area contributed by atoms with E-state index in [2.05, 4.69) is 0 Å². The monoisotopic (exact) mass is 439 g/mol. The van der Waals surface area contributed by atoms with Gasteiger partial charge in [-0.2, -0.15) is 0 Å². The van der Waals surface area contributed by atoms with Crippen LogP contribution in [0.3, 0.4) is 0 Å². The van der Waals surface area contributed by atoms with Gasteiger partial charge in [0.15, 0.2) is 5.82 Å². The number of hydrogen-bond donors (Lipinski definition) is 0. The lowest BCUT2D eigenvalue weighted by molar-refractivity contribution is 0.293. The molecule has 0 aliphatic rings. The van der Waals surface area contributed by atoms with Crippen molar-refractivity contribution in [3.05, 3.63) is 107 Å². The summed E-state index contributed by atoms with van der Waals surface area (Å²) >= 11 is 6.03. The molecule has 0 aliphatic heterocycles. The van der Waals surface area contributed by atoms with Crippen molar-refractivity contribution >= 4 is 17.3 Å². The molecule has 7 heteroatoms. The van der Waals surface area contributed by atoms with E-state index >= 15 is 0 Å². The minimum atomic E-state index is -0.318. The van der Waals surface area contributed by atoms with Crippen LogP contribution < -0.4 is 9.64 Å². The van der Waals surface area contributed by atoms with E-state index < -0.39 is 0 Å². The summed E-state index contributed by atoms with van der Waals surface area (Å²) in [6, 6.07) is 19.6. The van der Waals surface area contributed by atoms with Gasteiger partial charge in [-0.15, -0.1) is 0 Å². The van der Waals surface area contributed by atoms with E-state index in [1.165, 1.54) is 24.3 Å². The predicted octanol–water partition coefficient (Wildman–Crippen LogP) is 6.02. The minimum Gasteiger partial charge on any atom is -0.486 e. The molecular formula is C24H20ClF2N3O. The van der Waals surface area contributed by atoms with Crippen LogP contribution in [0.15, 0.2) is 79.0 Å². The minimum absolute atomic E-state index is 0.203. The Labute approximate surface area is 184 Å². The highest BCUT2D eigenvalue weighted by molar-refractivity contribution is 6.30. The summed E-state index contributed by atoms with van der Waals surface area (Å²) in [7, 11) is 1.92. The summed E-state index contributed by atoms with van der Waals surface area (Å²) in [5.74, 6) is 0.650. The highest BCUT2D eigenvalue weighted by Gasteiger charge is 2.13. The molecule has 158 valence electrons. The van der Waals surface area contributed by atoms with Crippen molar-refractivity contribution in [2.75, 3.05) is 11.9 Å². The third-order valence-corrected chi connectivity index (χ3v) is 5.03. The number of ether oxygens (including phenoxy) is 1. The summed E-state index contributed by atoms with van der Waals surface area (Å²) in [5, 5.41) is 0.643. The maximum Gasteiger partial charge on any atom is 0.151 e. The first-order valence-corrected chi connectivity index (χ1v) is 10.0. The molecule has 0 spiro atoms. The third-order valence-electron chi connectivity index (χ3n) is 4.78. The van der Waals surface area contributed by atoms with Gasteiger partial charge in [0.1, 0.15) is 24.0 Å². The maximum atomic E-state index is 13.2. The summed E-state index contributed by atoms with van der Waals surface area (Å²) < 4.78 is 34.1. The van der Waals surface area contributed by atoms with Gasteiger partial charge < -0.3 is 14.2 Å². The highest BCUT2D eigenvalue weighted by Crippen LogP contribution is 2.21. The fraction of sp³-hybridized carbons (Fsp3) is 0.125. The number of halogens is 3. The van der Waals surface area contributed by atoms with Gasteiger partial charge >= 0.3 is 0 Å². The zero-order chi connectivity index (χ0) is 21.8. The zero-order valence-corrected chi connectivity index (χ0v) is 17.6. The normalized spacial score (nSPS) is 10.8. The van der Waals surface area contributed by atoms with E-state index in [4.69, 9.17) is 21.3 Å². The van der Waals surface area contributed by atoms with E-state index in [0.717, 1.165) is 17.1 Å². The van der Waals surface area contributed by atoms with E-state index in [0.29, 0.717) is 23.1 Å². The first kappa shape index (κ1) is 20.9. The molecule has 31 heavy (non-hydrogen) atoms. The van der Waals surface area contributed by atoms with Crippen LogP contribution in [0.25, 0.3) is 5.69 Å². The van der Waals surface area contributed by atoms with Gasteiger partial charge in [-0.05, 0) is 72.8 Å². The molecule has 1 aromatic heterocycles. The van der Waals surface area contributed by atoms with Crippen molar-refractivity contribution in [2.45, 2.75) is 13.2 Å². The lowest BCUT2D eigenvalue weighted by atomic mass is 10.3. The van der Waals surface area contributed by atoms with Crippen LogP contribution in [0.4, 0.5) is 14.5 Å². The molecule has 0 N–H and O–H groups in total. The summed E-state index contributed by atoms with van der Waals surface area (Å²) in [5.41, 5.74) is 2.59. The van der Waals surface area contributed by atoms with Gasteiger partial charge in [0.05, 0.1) is 12.2 Å².